The van der Waals surface area contributed by atoms with Crippen molar-refractivity contribution in [3.63, 3.8) is 0 Å². The number of rotatable bonds is 3. The molecule has 2 amide bonds. The Morgan fingerprint density at radius 3 is 2.55 bits per heavy atom. The number of likely N-dealkylation sites (tertiary alicyclic amines) is 2. The number of amides is 2. The SMILES string of the molecule is CC(C)n1ccc(C(=O)N2CCC(N3CCCC3=O)CC2)n1. The number of hydrogen-bond donors (Lipinski definition) is 0. The Balaban J connectivity index is 1.58. The minimum absolute atomic E-state index is 0.00518. The molecule has 120 valence electrons. The van der Waals surface area contributed by atoms with Crippen molar-refractivity contribution in [3.05, 3.63) is 18.0 Å². The standard InChI is InChI=1S/C16H24N4O2/c1-12(2)20-11-7-14(17-20)16(22)18-9-5-13(6-10-18)19-8-3-4-15(19)21/h7,11-13H,3-6,8-10H2,1-2H3. The van der Waals surface area contributed by atoms with Gasteiger partial charge >= 0.3 is 0 Å². The lowest BCUT2D eigenvalue weighted by Gasteiger charge is -2.36. The van der Waals surface area contributed by atoms with Crippen LogP contribution < -0.4 is 0 Å². The normalized spacial score (nSPS) is 20.2. The maximum Gasteiger partial charge on any atom is 0.274 e. The van der Waals surface area contributed by atoms with E-state index in [2.05, 4.69) is 5.10 Å². The van der Waals surface area contributed by atoms with Crippen LogP contribution in [0.2, 0.25) is 0 Å². The predicted octanol–water partition coefficient (Wildman–Crippen LogP) is 1.69. The summed E-state index contributed by atoms with van der Waals surface area (Å²) >= 11 is 0. The summed E-state index contributed by atoms with van der Waals surface area (Å²) in [5.74, 6) is 0.283. The van der Waals surface area contributed by atoms with Gasteiger partial charge in [-0.1, -0.05) is 0 Å². The second-order valence-electron chi connectivity index (χ2n) is 6.49. The third-order valence-corrected chi connectivity index (χ3v) is 4.66. The lowest BCUT2D eigenvalue weighted by atomic mass is 10.0. The lowest BCUT2D eigenvalue weighted by Crippen LogP contribution is -2.47. The van der Waals surface area contributed by atoms with E-state index in [4.69, 9.17) is 0 Å². The Morgan fingerprint density at radius 1 is 1.27 bits per heavy atom. The van der Waals surface area contributed by atoms with E-state index in [1.54, 1.807) is 6.07 Å². The van der Waals surface area contributed by atoms with E-state index in [1.807, 2.05) is 34.5 Å². The van der Waals surface area contributed by atoms with Gasteiger partial charge in [-0.25, -0.2) is 0 Å². The monoisotopic (exact) mass is 304 g/mol. The highest BCUT2D eigenvalue weighted by atomic mass is 16.2. The average Bonchev–Trinajstić information content (AvgIpc) is 3.15. The average molecular weight is 304 g/mol. The van der Waals surface area contributed by atoms with Gasteiger partial charge in [-0.15, -0.1) is 0 Å². The third kappa shape index (κ3) is 2.87. The Bertz CT molecular complexity index is 558. The van der Waals surface area contributed by atoms with E-state index in [0.29, 0.717) is 31.2 Å². The van der Waals surface area contributed by atoms with Gasteiger partial charge in [0.1, 0.15) is 5.69 Å². The summed E-state index contributed by atoms with van der Waals surface area (Å²) in [7, 11) is 0. The van der Waals surface area contributed by atoms with E-state index < -0.39 is 0 Å². The molecule has 2 aliphatic heterocycles. The summed E-state index contributed by atoms with van der Waals surface area (Å²) in [5.41, 5.74) is 0.518. The number of nitrogens with zero attached hydrogens (tertiary/aromatic N) is 4. The molecule has 0 bridgehead atoms. The van der Waals surface area contributed by atoms with Crippen molar-refractivity contribution >= 4 is 11.8 Å². The maximum atomic E-state index is 12.5. The smallest absolute Gasteiger partial charge is 0.274 e. The molecule has 0 aromatic carbocycles. The summed E-state index contributed by atoms with van der Waals surface area (Å²) in [5, 5.41) is 4.35. The van der Waals surface area contributed by atoms with Crippen molar-refractivity contribution in [1.29, 1.82) is 0 Å². The van der Waals surface area contributed by atoms with Gasteiger partial charge in [0.05, 0.1) is 0 Å². The van der Waals surface area contributed by atoms with Gasteiger partial charge in [0.2, 0.25) is 5.91 Å². The highest BCUT2D eigenvalue weighted by Crippen LogP contribution is 2.22. The van der Waals surface area contributed by atoms with Crippen molar-refractivity contribution in [2.45, 2.75) is 51.6 Å². The van der Waals surface area contributed by atoms with Crippen molar-refractivity contribution in [2.75, 3.05) is 19.6 Å². The number of carbonyl (C=O) groups is 2. The first-order valence-electron chi connectivity index (χ1n) is 8.20. The second-order valence-corrected chi connectivity index (χ2v) is 6.49. The van der Waals surface area contributed by atoms with Crippen LogP contribution in [-0.4, -0.2) is 57.1 Å². The molecular weight excluding hydrogens is 280 g/mol. The van der Waals surface area contributed by atoms with Crippen LogP contribution in [0.5, 0.6) is 0 Å². The van der Waals surface area contributed by atoms with E-state index in [9.17, 15) is 9.59 Å². The van der Waals surface area contributed by atoms with Crippen LogP contribution >= 0.6 is 0 Å². The molecule has 6 nitrogen and oxygen atoms in total. The van der Waals surface area contributed by atoms with E-state index in [1.165, 1.54) is 0 Å². The summed E-state index contributed by atoms with van der Waals surface area (Å²) in [6.45, 7) is 6.39. The molecule has 22 heavy (non-hydrogen) atoms. The van der Waals surface area contributed by atoms with Gasteiger partial charge in [-0.2, -0.15) is 5.10 Å². The Hall–Kier alpha value is -1.85. The number of piperidine rings is 1. The molecule has 0 atom stereocenters. The van der Waals surface area contributed by atoms with Gasteiger partial charge in [0.25, 0.3) is 5.91 Å². The molecule has 3 heterocycles. The van der Waals surface area contributed by atoms with Crippen molar-refractivity contribution in [1.82, 2.24) is 19.6 Å². The highest BCUT2D eigenvalue weighted by Gasteiger charge is 2.32. The summed E-state index contributed by atoms with van der Waals surface area (Å²) < 4.78 is 1.81. The molecule has 0 saturated carbocycles. The van der Waals surface area contributed by atoms with Gasteiger partial charge in [0, 0.05) is 44.3 Å². The highest BCUT2D eigenvalue weighted by molar-refractivity contribution is 5.92. The predicted molar refractivity (Wildman–Crippen MR) is 82.5 cm³/mol. The molecule has 3 rings (SSSR count). The fourth-order valence-corrected chi connectivity index (χ4v) is 3.34. The number of hydrogen-bond acceptors (Lipinski definition) is 3. The molecule has 0 unspecified atom stereocenters. The van der Waals surface area contributed by atoms with Crippen LogP contribution in [-0.2, 0) is 4.79 Å². The van der Waals surface area contributed by atoms with E-state index in [-0.39, 0.29) is 17.9 Å². The first-order valence-corrected chi connectivity index (χ1v) is 8.20. The molecule has 0 spiro atoms. The van der Waals surface area contributed by atoms with Gasteiger partial charge in [-0.05, 0) is 39.2 Å². The Morgan fingerprint density at radius 2 is 2.00 bits per heavy atom. The van der Waals surface area contributed by atoms with Crippen molar-refractivity contribution in [3.8, 4) is 0 Å². The van der Waals surface area contributed by atoms with Crippen LogP contribution in [0.25, 0.3) is 0 Å². The molecular formula is C16H24N4O2. The summed E-state index contributed by atoms with van der Waals surface area (Å²) in [4.78, 5) is 28.2. The fraction of sp³-hybridized carbons (Fsp3) is 0.688. The van der Waals surface area contributed by atoms with Crippen LogP contribution in [0.1, 0.15) is 56.1 Å². The molecule has 2 aliphatic rings. The minimum Gasteiger partial charge on any atom is -0.340 e. The summed E-state index contributed by atoms with van der Waals surface area (Å²) in [6, 6.07) is 2.36. The first kappa shape index (κ1) is 15.1. The zero-order valence-corrected chi connectivity index (χ0v) is 13.4. The third-order valence-electron chi connectivity index (χ3n) is 4.66. The zero-order chi connectivity index (χ0) is 15.7. The largest absolute Gasteiger partial charge is 0.340 e. The van der Waals surface area contributed by atoms with Gasteiger partial charge < -0.3 is 9.80 Å². The topological polar surface area (TPSA) is 58.4 Å². The molecule has 2 saturated heterocycles. The van der Waals surface area contributed by atoms with Gasteiger partial charge in [0.15, 0.2) is 0 Å². The molecule has 0 N–H and O–H groups in total. The molecule has 1 aromatic heterocycles. The molecule has 1 aromatic rings. The Labute approximate surface area is 131 Å². The van der Waals surface area contributed by atoms with Crippen LogP contribution in [0.4, 0.5) is 0 Å². The van der Waals surface area contributed by atoms with Crippen molar-refractivity contribution < 1.29 is 9.59 Å². The second kappa shape index (κ2) is 6.10. The molecule has 0 aliphatic carbocycles. The van der Waals surface area contributed by atoms with Crippen molar-refractivity contribution in [2.24, 2.45) is 0 Å². The zero-order valence-electron chi connectivity index (χ0n) is 13.4. The lowest BCUT2D eigenvalue weighted by molar-refractivity contribution is -0.130. The molecule has 6 heteroatoms. The molecule has 2 fully saturated rings. The van der Waals surface area contributed by atoms with Gasteiger partial charge in [-0.3, -0.25) is 14.3 Å². The van der Waals surface area contributed by atoms with Crippen LogP contribution in [0, 0.1) is 0 Å². The van der Waals surface area contributed by atoms with E-state index in [0.717, 1.165) is 25.8 Å². The van der Waals surface area contributed by atoms with Crippen LogP contribution in [0.3, 0.4) is 0 Å². The van der Waals surface area contributed by atoms with E-state index >= 15 is 0 Å². The Kier molecular flexibility index (Phi) is 4.18. The number of carbonyl (C=O) groups excluding carboxylic acids is 2. The summed E-state index contributed by atoms with van der Waals surface area (Å²) in [6.07, 6.45) is 5.27. The minimum atomic E-state index is 0.00518. The first-order chi connectivity index (χ1) is 10.6. The number of aromatic nitrogens is 2. The maximum absolute atomic E-state index is 12.5. The fourth-order valence-electron chi connectivity index (χ4n) is 3.34. The van der Waals surface area contributed by atoms with Crippen LogP contribution in [0.15, 0.2) is 12.3 Å². The quantitative estimate of drug-likeness (QED) is 0.854. The molecule has 0 radical (unpaired) electrons.